The minimum absolute atomic E-state index is 0.166. The van der Waals surface area contributed by atoms with Gasteiger partial charge in [-0.1, -0.05) is 11.8 Å². The quantitative estimate of drug-likeness (QED) is 0.201. The lowest BCUT2D eigenvalue weighted by atomic mass is 10.6. The molecule has 0 aliphatic heterocycles. The zero-order valence-corrected chi connectivity index (χ0v) is 9.07. The van der Waals surface area contributed by atoms with E-state index in [0.29, 0.717) is 0 Å². The van der Waals surface area contributed by atoms with Crippen LogP contribution in [0.15, 0.2) is 0 Å². The van der Waals surface area contributed by atoms with Crippen LogP contribution in [0.2, 0.25) is 0 Å². The predicted octanol–water partition coefficient (Wildman–Crippen LogP) is -1.25. The first-order chi connectivity index (χ1) is 6.89. The molecule has 0 radical (unpaired) electrons. The Hall–Kier alpha value is -0.850. The maximum atomic E-state index is 9.42. The number of aliphatic hydroxyl groups is 2. The van der Waals surface area contributed by atoms with Crippen molar-refractivity contribution in [3.63, 3.8) is 0 Å². The van der Waals surface area contributed by atoms with Gasteiger partial charge in [-0.05, 0) is 0 Å². The van der Waals surface area contributed by atoms with Crippen molar-refractivity contribution in [2.45, 2.75) is 0 Å². The fourth-order valence-corrected chi connectivity index (χ4v) is 0.112. The standard InChI is InChI=1S/C4H6O2.CH3ClO3S.CH2O2/c5-3-1-2-4-6;2-1-6(3,4)5;2-1-3/h5-6H,3-4H2;1H2,(H,3,4,5);1H,(H,2,3). The number of rotatable bonds is 1. The molecule has 0 aromatic carbocycles. The van der Waals surface area contributed by atoms with Crippen LogP contribution in [-0.4, -0.2) is 53.2 Å². The average molecular weight is 263 g/mol. The van der Waals surface area contributed by atoms with Crippen molar-refractivity contribution in [3.8, 4) is 11.8 Å². The molecule has 9 heteroatoms. The molecule has 0 spiro atoms. The molecule has 4 N–H and O–H groups in total. The van der Waals surface area contributed by atoms with Crippen LogP contribution in [0.3, 0.4) is 0 Å². The van der Waals surface area contributed by atoms with Gasteiger partial charge in [-0.2, -0.15) is 8.42 Å². The smallest absolute Gasteiger partial charge is 0.290 e. The van der Waals surface area contributed by atoms with E-state index in [1.165, 1.54) is 0 Å². The highest BCUT2D eigenvalue weighted by molar-refractivity contribution is 7.87. The van der Waals surface area contributed by atoms with Crippen LogP contribution in [0, 0.1) is 11.8 Å². The highest BCUT2D eigenvalue weighted by Gasteiger charge is 1.95. The van der Waals surface area contributed by atoms with E-state index in [0.717, 1.165) is 0 Å². The van der Waals surface area contributed by atoms with E-state index in [2.05, 4.69) is 23.4 Å². The van der Waals surface area contributed by atoms with E-state index in [4.69, 9.17) is 24.7 Å². The molecule has 0 amide bonds. The van der Waals surface area contributed by atoms with Crippen molar-refractivity contribution in [2.24, 2.45) is 0 Å². The van der Waals surface area contributed by atoms with Gasteiger partial charge in [0.05, 0.1) is 0 Å². The zero-order chi connectivity index (χ0) is 12.7. The van der Waals surface area contributed by atoms with Gasteiger partial charge < -0.3 is 15.3 Å². The highest BCUT2D eigenvalue weighted by Crippen LogP contribution is 1.82. The van der Waals surface area contributed by atoms with Gasteiger partial charge >= 0.3 is 0 Å². The monoisotopic (exact) mass is 262 g/mol. The highest BCUT2D eigenvalue weighted by atomic mass is 35.5. The number of alkyl halides is 1. The number of aliphatic hydroxyl groups excluding tert-OH is 2. The topological polar surface area (TPSA) is 132 Å². The van der Waals surface area contributed by atoms with E-state index in [9.17, 15) is 8.42 Å². The summed E-state index contributed by atoms with van der Waals surface area (Å²) in [6.07, 6.45) is 0. The van der Waals surface area contributed by atoms with Gasteiger partial charge in [0.2, 0.25) is 0 Å². The third-order valence-corrected chi connectivity index (χ3v) is 1.52. The van der Waals surface area contributed by atoms with Gasteiger partial charge in [0.1, 0.15) is 18.4 Å². The molecule has 0 rings (SSSR count). The van der Waals surface area contributed by atoms with E-state index in [-0.39, 0.29) is 19.7 Å². The maximum Gasteiger partial charge on any atom is 0.290 e. The van der Waals surface area contributed by atoms with Gasteiger partial charge in [-0.15, -0.1) is 11.6 Å². The van der Waals surface area contributed by atoms with Crippen molar-refractivity contribution >= 4 is 28.2 Å². The third kappa shape index (κ3) is 61.6. The number of hydrogen-bond acceptors (Lipinski definition) is 5. The molecule has 0 heterocycles. The van der Waals surface area contributed by atoms with Crippen molar-refractivity contribution in [1.82, 2.24) is 0 Å². The van der Waals surface area contributed by atoms with Gasteiger partial charge in [-0.3, -0.25) is 9.35 Å². The second-order valence-electron chi connectivity index (χ2n) is 1.47. The Morgan fingerprint density at radius 1 is 1.20 bits per heavy atom. The summed E-state index contributed by atoms with van der Waals surface area (Å²) >= 11 is 4.64. The van der Waals surface area contributed by atoms with Crippen LogP contribution < -0.4 is 0 Å². The normalized spacial score (nSPS) is 8.00. The third-order valence-electron chi connectivity index (χ3n) is 0.421. The summed E-state index contributed by atoms with van der Waals surface area (Å²) in [4.78, 5) is 8.36. The number of hydrogen-bond donors (Lipinski definition) is 4. The molecule has 0 aromatic heterocycles. The summed E-state index contributed by atoms with van der Waals surface area (Å²) in [6.45, 7) is -0.582. The van der Waals surface area contributed by atoms with Crippen LogP contribution in [0.4, 0.5) is 0 Å². The number of carbonyl (C=O) groups is 1. The summed E-state index contributed by atoms with van der Waals surface area (Å²) in [7, 11) is -3.90. The summed E-state index contributed by atoms with van der Waals surface area (Å²) in [5.41, 5.74) is 0. The minimum Gasteiger partial charge on any atom is -0.483 e. The summed E-state index contributed by atoms with van der Waals surface area (Å²) < 4.78 is 26.5. The van der Waals surface area contributed by atoms with Crippen LogP contribution in [0.5, 0.6) is 0 Å². The molecule has 0 aliphatic carbocycles. The predicted molar refractivity (Wildman–Crippen MR) is 52.9 cm³/mol. The molecular formula is C6H11ClO7S. The Balaban J connectivity index is -0.000000153. The molecule has 0 fully saturated rings. The Morgan fingerprint density at radius 3 is 1.47 bits per heavy atom. The van der Waals surface area contributed by atoms with Crippen LogP contribution in [0.25, 0.3) is 0 Å². The Morgan fingerprint density at radius 2 is 1.40 bits per heavy atom. The van der Waals surface area contributed by atoms with Gasteiger partial charge in [0, 0.05) is 0 Å². The van der Waals surface area contributed by atoms with E-state index >= 15 is 0 Å². The fraction of sp³-hybridized carbons (Fsp3) is 0.500. The molecule has 7 nitrogen and oxygen atoms in total. The first kappa shape index (κ1) is 19.7. The largest absolute Gasteiger partial charge is 0.483 e. The van der Waals surface area contributed by atoms with Gasteiger partial charge in [-0.25, -0.2) is 0 Å². The molecule has 0 atom stereocenters. The second kappa shape index (κ2) is 15.6. The molecule has 0 bridgehead atoms. The molecule has 90 valence electrons. The van der Waals surface area contributed by atoms with E-state index in [1.54, 1.807) is 0 Å². The molecule has 0 aliphatic rings. The molecule has 0 saturated heterocycles. The Labute approximate surface area is 92.1 Å². The van der Waals surface area contributed by atoms with E-state index < -0.39 is 15.3 Å². The Bertz CT molecular complexity index is 268. The summed E-state index contributed by atoms with van der Waals surface area (Å²) in [6, 6.07) is 0. The molecule has 0 unspecified atom stereocenters. The summed E-state index contributed by atoms with van der Waals surface area (Å²) in [5.74, 6) is 4.51. The molecular weight excluding hydrogens is 252 g/mol. The lowest BCUT2D eigenvalue weighted by Gasteiger charge is -1.78. The number of carboxylic acid groups (broad SMARTS) is 1. The summed E-state index contributed by atoms with van der Waals surface area (Å²) in [5, 5.41) is 22.0. The van der Waals surface area contributed by atoms with Crippen LogP contribution in [-0.2, 0) is 14.9 Å². The second-order valence-corrected chi connectivity index (χ2v) is 3.50. The van der Waals surface area contributed by atoms with E-state index in [1.807, 2.05) is 0 Å². The first-order valence-electron chi connectivity index (χ1n) is 3.16. The molecule has 0 saturated carbocycles. The van der Waals surface area contributed by atoms with Crippen molar-refractivity contribution in [2.75, 3.05) is 18.4 Å². The molecule has 15 heavy (non-hydrogen) atoms. The lowest BCUT2D eigenvalue weighted by Crippen LogP contribution is -1.95. The van der Waals surface area contributed by atoms with Crippen molar-refractivity contribution in [1.29, 1.82) is 0 Å². The average Bonchev–Trinajstić information content (AvgIpc) is 2.16. The van der Waals surface area contributed by atoms with Gasteiger partial charge in [0.15, 0.2) is 0 Å². The first-order valence-corrected chi connectivity index (χ1v) is 5.30. The van der Waals surface area contributed by atoms with Crippen LogP contribution in [0.1, 0.15) is 0 Å². The van der Waals surface area contributed by atoms with Crippen LogP contribution >= 0.6 is 11.6 Å². The van der Waals surface area contributed by atoms with Gasteiger partial charge in [0.25, 0.3) is 16.6 Å². The zero-order valence-electron chi connectivity index (χ0n) is 7.50. The van der Waals surface area contributed by atoms with Crippen molar-refractivity contribution in [3.05, 3.63) is 0 Å². The SMILES string of the molecule is O=CO.O=S(=O)(O)CCl.OCC#CCO. The lowest BCUT2D eigenvalue weighted by molar-refractivity contribution is -0.122. The minimum atomic E-state index is -3.90. The van der Waals surface area contributed by atoms with Crippen molar-refractivity contribution < 1.29 is 33.1 Å². The number of halogens is 1. The molecule has 0 aromatic rings. The maximum absolute atomic E-state index is 9.42. The fourth-order valence-electron chi connectivity index (χ4n) is 0.112. The Kier molecular flexibility index (Phi) is 20.5.